The second-order valence-corrected chi connectivity index (χ2v) is 13.1. The molecule has 0 unspecified atom stereocenters. The van der Waals surface area contributed by atoms with Crippen LogP contribution in [-0.4, -0.2) is 19.9 Å². The first-order chi connectivity index (χ1) is 24.0. The fourth-order valence-electron chi connectivity index (χ4n) is 7.28. The fourth-order valence-corrected chi connectivity index (χ4v) is 7.28. The Bertz CT molecular complexity index is 2500. The zero-order valence-electron chi connectivity index (χ0n) is 27.3. The summed E-state index contributed by atoms with van der Waals surface area (Å²) in [4.78, 5) is 20.1. The number of pyridine rings is 1. The van der Waals surface area contributed by atoms with Gasteiger partial charge in [0.2, 0.25) is 0 Å². The molecule has 0 saturated carbocycles. The minimum absolute atomic E-state index is 0.172. The van der Waals surface area contributed by atoms with Crippen molar-refractivity contribution in [2.45, 2.75) is 19.3 Å². The molecule has 232 valence electrons. The van der Waals surface area contributed by atoms with Gasteiger partial charge in [0.15, 0.2) is 17.5 Å². The Kier molecular flexibility index (Phi) is 6.77. The van der Waals surface area contributed by atoms with E-state index in [1.807, 2.05) is 30.5 Å². The minimum Gasteiger partial charge on any atom is -0.256 e. The summed E-state index contributed by atoms with van der Waals surface area (Å²) in [5.41, 5.74) is 12.0. The average molecular weight is 629 g/mol. The Hall–Kier alpha value is -6.26. The summed E-state index contributed by atoms with van der Waals surface area (Å²) < 4.78 is 0. The third kappa shape index (κ3) is 4.92. The lowest BCUT2D eigenvalue weighted by molar-refractivity contribution is 0.661. The van der Waals surface area contributed by atoms with Crippen LogP contribution in [0.3, 0.4) is 0 Å². The van der Waals surface area contributed by atoms with Gasteiger partial charge in [-0.1, -0.05) is 147 Å². The predicted octanol–water partition coefficient (Wildman–Crippen LogP) is 11.1. The van der Waals surface area contributed by atoms with E-state index in [-0.39, 0.29) is 5.41 Å². The van der Waals surface area contributed by atoms with Crippen LogP contribution < -0.4 is 0 Å². The molecule has 2 heterocycles. The molecule has 0 fully saturated rings. The van der Waals surface area contributed by atoms with E-state index in [4.69, 9.17) is 15.0 Å². The quantitative estimate of drug-likeness (QED) is 0.190. The van der Waals surface area contributed by atoms with Gasteiger partial charge in [-0.05, 0) is 62.4 Å². The summed E-state index contributed by atoms with van der Waals surface area (Å²) in [6, 6.07) is 52.9. The second kappa shape index (κ2) is 11.5. The van der Waals surface area contributed by atoms with Gasteiger partial charge in [0.05, 0.1) is 5.69 Å². The van der Waals surface area contributed by atoms with E-state index in [0.717, 1.165) is 39.1 Å². The molecule has 0 aliphatic heterocycles. The lowest BCUT2D eigenvalue weighted by Gasteiger charge is -2.21. The Morgan fingerprint density at radius 3 is 1.90 bits per heavy atom. The molecule has 9 rings (SSSR count). The van der Waals surface area contributed by atoms with Crippen molar-refractivity contribution in [3.63, 3.8) is 0 Å². The lowest BCUT2D eigenvalue weighted by Crippen LogP contribution is -2.14. The zero-order valence-corrected chi connectivity index (χ0v) is 27.3. The van der Waals surface area contributed by atoms with Crippen LogP contribution in [0.15, 0.2) is 158 Å². The number of benzene rings is 6. The van der Waals surface area contributed by atoms with Crippen LogP contribution in [0.25, 0.3) is 78.4 Å². The van der Waals surface area contributed by atoms with Gasteiger partial charge in [-0.2, -0.15) is 0 Å². The van der Waals surface area contributed by atoms with E-state index < -0.39 is 0 Å². The van der Waals surface area contributed by atoms with Crippen LogP contribution >= 0.6 is 0 Å². The van der Waals surface area contributed by atoms with Crippen molar-refractivity contribution in [2.75, 3.05) is 0 Å². The van der Waals surface area contributed by atoms with E-state index in [1.165, 1.54) is 33.0 Å². The van der Waals surface area contributed by atoms with Gasteiger partial charge in [0, 0.05) is 33.9 Å². The summed E-state index contributed by atoms with van der Waals surface area (Å²) in [5, 5.41) is 2.47. The van der Waals surface area contributed by atoms with Gasteiger partial charge in [-0.15, -0.1) is 0 Å². The molecule has 4 nitrogen and oxygen atoms in total. The van der Waals surface area contributed by atoms with Crippen molar-refractivity contribution in [1.82, 2.24) is 19.9 Å². The summed E-state index contributed by atoms with van der Waals surface area (Å²) in [5.74, 6) is 1.93. The van der Waals surface area contributed by atoms with Crippen LogP contribution in [0.4, 0.5) is 0 Å². The molecule has 0 saturated heterocycles. The Morgan fingerprint density at radius 2 is 1.08 bits per heavy atom. The smallest absolute Gasteiger partial charge is 0.164 e. The topological polar surface area (TPSA) is 51.6 Å². The van der Waals surface area contributed by atoms with Crippen LogP contribution in [-0.2, 0) is 5.41 Å². The molecule has 4 heteroatoms. The molecular formula is C45H32N4. The van der Waals surface area contributed by atoms with E-state index in [2.05, 4.69) is 146 Å². The molecule has 0 bridgehead atoms. The molecule has 0 radical (unpaired) electrons. The van der Waals surface area contributed by atoms with E-state index in [0.29, 0.717) is 17.5 Å². The van der Waals surface area contributed by atoms with Gasteiger partial charge < -0.3 is 0 Å². The Morgan fingerprint density at radius 1 is 0.429 bits per heavy atom. The molecule has 0 N–H and O–H groups in total. The highest BCUT2D eigenvalue weighted by atomic mass is 15.0. The molecule has 0 atom stereocenters. The monoisotopic (exact) mass is 628 g/mol. The summed E-state index contributed by atoms with van der Waals surface area (Å²) in [6.07, 6.45) is 1.82. The van der Waals surface area contributed by atoms with E-state index in [1.54, 1.807) is 0 Å². The lowest BCUT2D eigenvalue weighted by atomic mass is 9.82. The molecule has 2 aromatic heterocycles. The fraction of sp³-hybridized carbons (Fsp3) is 0.0667. The molecule has 1 aliphatic carbocycles. The molecular weight excluding hydrogens is 597 g/mol. The van der Waals surface area contributed by atoms with Crippen LogP contribution in [0.1, 0.15) is 25.0 Å². The van der Waals surface area contributed by atoms with Crippen molar-refractivity contribution in [3.05, 3.63) is 169 Å². The van der Waals surface area contributed by atoms with Gasteiger partial charge in [-0.3, -0.25) is 4.98 Å². The molecule has 0 amide bonds. The zero-order chi connectivity index (χ0) is 33.0. The molecule has 1 aliphatic rings. The summed E-state index contributed by atoms with van der Waals surface area (Å²) in [7, 11) is 0. The first-order valence-electron chi connectivity index (χ1n) is 16.6. The third-order valence-corrected chi connectivity index (χ3v) is 9.80. The maximum absolute atomic E-state index is 5.25. The SMILES string of the molecule is CC1(C)c2cccc(-c3nc(-c4ccc(-c5ccccn5)cc4)nc(-c4cccc(-c5ccccc5)c4)n3)c2-c2c1ccc1ccccc21. The van der Waals surface area contributed by atoms with Crippen molar-refractivity contribution >= 4 is 10.8 Å². The maximum Gasteiger partial charge on any atom is 0.164 e. The number of hydrogen-bond acceptors (Lipinski definition) is 4. The van der Waals surface area contributed by atoms with Gasteiger partial charge in [-0.25, -0.2) is 15.0 Å². The standard InChI is InChI=1S/C45H32N4/c1-45(2)37-19-11-18-36(41(37)40-35-17-7-6-14-30(35)25-26-38(40)45)44-48-42(32-23-21-31(22-24-32)39-20-8-9-27-46-39)47-43(49-44)34-16-10-15-33(28-34)29-12-4-3-5-13-29/h3-28H,1-2H3. The van der Waals surface area contributed by atoms with Crippen molar-refractivity contribution in [3.8, 4) is 67.7 Å². The Balaban J connectivity index is 1.26. The first kappa shape index (κ1) is 28.9. The third-order valence-electron chi connectivity index (χ3n) is 9.80. The van der Waals surface area contributed by atoms with E-state index >= 15 is 0 Å². The Labute approximate surface area is 285 Å². The van der Waals surface area contributed by atoms with Crippen LogP contribution in [0.5, 0.6) is 0 Å². The van der Waals surface area contributed by atoms with Crippen molar-refractivity contribution < 1.29 is 0 Å². The highest BCUT2D eigenvalue weighted by molar-refractivity contribution is 6.06. The molecule has 49 heavy (non-hydrogen) atoms. The predicted molar refractivity (Wildman–Crippen MR) is 200 cm³/mol. The number of aromatic nitrogens is 4. The van der Waals surface area contributed by atoms with Crippen LogP contribution in [0.2, 0.25) is 0 Å². The van der Waals surface area contributed by atoms with Crippen molar-refractivity contribution in [1.29, 1.82) is 0 Å². The number of hydrogen-bond donors (Lipinski definition) is 0. The largest absolute Gasteiger partial charge is 0.256 e. The van der Waals surface area contributed by atoms with Gasteiger partial charge in [0.25, 0.3) is 0 Å². The number of fused-ring (bicyclic) bond motifs is 5. The summed E-state index contributed by atoms with van der Waals surface area (Å²) >= 11 is 0. The van der Waals surface area contributed by atoms with E-state index in [9.17, 15) is 0 Å². The highest BCUT2D eigenvalue weighted by Crippen LogP contribution is 2.54. The van der Waals surface area contributed by atoms with Crippen LogP contribution in [0, 0.1) is 0 Å². The second-order valence-electron chi connectivity index (χ2n) is 13.1. The molecule has 0 spiro atoms. The average Bonchev–Trinajstić information content (AvgIpc) is 3.42. The number of nitrogens with zero attached hydrogens (tertiary/aromatic N) is 4. The van der Waals surface area contributed by atoms with Gasteiger partial charge >= 0.3 is 0 Å². The number of rotatable bonds is 5. The first-order valence-corrected chi connectivity index (χ1v) is 16.6. The molecule has 8 aromatic rings. The normalized spacial score (nSPS) is 12.9. The highest BCUT2D eigenvalue weighted by Gasteiger charge is 2.38. The maximum atomic E-state index is 5.25. The van der Waals surface area contributed by atoms with Crippen molar-refractivity contribution in [2.24, 2.45) is 0 Å². The van der Waals surface area contributed by atoms with Gasteiger partial charge in [0.1, 0.15) is 0 Å². The minimum atomic E-state index is -0.172. The molecule has 6 aromatic carbocycles. The summed E-state index contributed by atoms with van der Waals surface area (Å²) in [6.45, 7) is 4.64.